The molecule has 0 bridgehead atoms. The second kappa shape index (κ2) is 14.2. The van der Waals surface area contributed by atoms with Gasteiger partial charge in [0.1, 0.15) is 5.75 Å². The van der Waals surface area contributed by atoms with E-state index in [4.69, 9.17) is 27.9 Å². The number of halogens is 2. The SMILES string of the molecule is Cc1cccc(Cl)c1NCCc1c(CCOc2ccc(C(=O)O)cc2)c2cc(Cl)ccc2n1C(c1ccccc1)c1ccccc1. The number of nitrogens with one attached hydrogen (secondary N) is 1. The van der Waals surface area contributed by atoms with E-state index < -0.39 is 5.97 Å². The summed E-state index contributed by atoms with van der Waals surface area (Å²) in [6.45, 7) is 3.12. The summed E-state index contributed by atoms with van der Waals surface area (Å²) >= 11 is 13.2. The van der Waals surface area contributed by atoms with Crippen molar-refractivity contribution < 1.29 is 14.6 Å². The number of hydrogen-bond acceptors (Lipinski definition) is 3. The number of benzene rings is 5. The van der Waals surface area contributed by atoms with Gasteiger partial charge < -0.3 is 19.7 Å². The number of aryl methyl sites for hydroxylation is 1. The van der Waals surface area contributed by atoms with E-state index in [0.29, 0.717) is 35.4 Å². The molecule has 5 nitrogen and oxygen atoms in total. The summed E-state index contributed by atoms with van der Waals surface area (Å²) in [5.74, 6) is -0.344. The number of nitrogens with zero attached hydrogens (tertiary/aromatic N) is 1. The van der Waals surface area contributed by atoms with E-state index in [9.17, 15) is 9.90 Å². The van der Waals surface area contributed by atoms with Gasteiger partial charge in [-0.2, -0.15) is 0 Å². The molecule has 2 N–H and O–H groups in total. The van der Waals surface area contributed by atoms with Crippen molar-refractivity contribution in [2.75, 3.05) is 18.5 Å². The van der Waals surface area contributed by atoms with Crippen LogP contribution in [0.5, 0.6) is 5.75 Å². The zero-order valence-corrected chi connectivity index (χ0v) is 26.9. The molecule has 0 spiro atoms. The lowest BCUT2D eigenvalue weighted by molar-refractivity contribution is 0.0697. The van der Waals surface area contributed by atoms with E-state index >= 15 is 0 Å². The summed E-state index contributed by atoms with van der Waals surface area (Å²) in [5, 5.41) is 15.3. The predicted molar refractivity (Wildman–Crippen MR) is 188 cm³/mol. The molecule has 1 aromatic heterocycles. The molecular weight excluding hydrogens is 615 g/mol. The van der Waals surface area contributed by atoms with Crippen LogP contribution in [0.2, 0.25) is 10.0 Å². The third-order valence-corrected chi connectivity index (χ3v) is 8.83. The van der Waals surface area contributed by atoms with Gasteiger partial charge in [-0.25, -0.2) is 4.79 Å². The van der Waals surface area contributed by atoms with Crippen LogP contribution in [-0.2, 0) is 12.8 Å². The van der Waals surface area contributed by atoms with Crippen molar-refractivity contribution in [3.05, 3.63) is 165 Å². The molecule has 46 heavy (non-hydrogen) atoms. The smallest absolute Gasteiger partial charge is 0.335 e. The number of carboxylic acid groups (broad SMARTS) is 1. The van der Waals surface area contributed by atoms with Gasteiger partial charge in [-0.3, -0.25) is 0 Å². The van der Waals surface area contributed by atoms with Gasteiger partial charge in [-0.1, -0.05) is 96.0 Å². The van der Waals surface area contributed by atoms with E-state index in [2.05, 4.69) is 77.5 Å². The summed E-state index contributed by atoms with van der Waals surface area (Å²) < 4.78 is 8.61. The van der Waals surface area contributed by atoms with Gasteiger partial charge in [0.2, 0.25) is 0 Å². The monoisotopic (exact) mass is 648 g/mol. The third kappa shape index (κ3) is 6.76. The molecule has 0 aliphatic heterocycles. The Labute approximate surface area is 279 Å². The highest BCUT2D eigenvalue weighted by atomic mass is 35.5. The van der Waals surface area contributed by atoms with Crippen LogP contribution in [0.15, 0.2) is 121 Å². The zero-order valence-electron chi connectivity index (χ0n) is 25.4. The van der Waals surface area contributed by atoms with Crippen LogP contribution in [-0.4, -0.2) is 28.8 Å². The maximum absolute atomic E-state index is 11.3. The van der Waals surface area contributed by atoms with Gasteiger partial charge in [0.05, 0.1) is 28.9 Å². The lowest BCUT2D eigenvalue weighted by atomic mass is 9.97. The number of carboxylic acids is 1. The van der Waals surface area contributed by atoms with Crippen molar-refractivity contribution in [2.45, 2.75) is 25.8 Å². The summed E-state index contributed by atoms with van der Waals surface area (Å²) in [5.41, 5.74) is 8.04. The van der Waals surface area contributed by atoms with E-state index in [1.54, 1.807) is 24.3 Å². The van der Waals surface area contributed by atoms with Gasteiger partial charge in [-0.05, 0) is 77.7 Å². The van der Waals surface area contributed by atoms with Gasteiger partial charge in [-0.15, -0.1) is 0 Å². The Morgan fingerprint density at radius 1 is 0.826 bits per heavy atom. The molecule has 7 heteroatoms. The average Bonchev–Trinajstić information content (AvgIpc) is 3.35. The minimum absolute atomic E-state index is 0.0821. The molecule has 232 valence electrons. The quantitative estimate of drug-likeness (QED) is 0.139. The molecule has 0 atom stereocenters. The summed E-state index contributed by atoms with van der Waals surface area (Å²) in [6.07, 6.45) is 1.34. The Kier molecular flexibility index (Phi) is 9.62. The summed E-state index contributed by atoms with van der Waals surface area (Å²) in [7, 11) is 0. The van der Waals surface area contributed by atoms with Crippen LogP contribution in [0, 0.1) is 6.92 Å². The number of aromatic nitrogens is 1. The molecule has 5 aromatic carbocycles. The summed E-state index contributed by atoms with van der Waals surface area (Å²) in [6, 6.07) is 39.6. The van der Waals surface area contributed by atoms with Crippen LogP contribution >= 0.6 is 23.2 Å². The molecule has 0 saturated heterocycles. The Morgan fingerprint density at radius 2 is 1.50 bits per heavy atom. The Morgan fingerprint density at radius 3 is 2.13 bits per heavy atom. The van der Waals surface area contributed by atoms with Crippen LogP contribution in [0.4, 0.5) is 5.69 Å². The fourth-order valence-corrected chi connectivity index (χ4v) is 6.60. The van der Waals surface area contributed by atoms with E-state index in [-0.39, 0.29) is 11.6 Å². The average molecular weight is 650 g/mol. The number of aromatic carboxylic acids is 1. The first-order valence-corrected chi connectivity index (χ1v) is 16.0. The highest BCUT2D eigenvalue weighted by Crippen LogP contribution is 2.38. The largest absolute Gasteiger partial charge is 0.493 e. The summed E-state index contributed by atoms with van der Waals surface area (Å²) in [4.78, 5) is 11.3. The van der Waals surface area contributed by atoms with Crippen molar-refractivity contribution in [1.29, 1.82) is 0 Å². The first-order chi connectivity index (χ1) is 22.4. The standard InChI is InChI=1S/C39H34Cl2N2O3/c1-26-9-8-14-34(41)37(26)42-23-21-36-32(22-24-46-31-18-15-29(16-19-31)39(44)45)33-25-30(40)17-20-35(33)43(36)38(27-10-4-2-5-11-27)28-12-6-3-7-13-28/h2-20,25,38,42H,21-24H2,1H3,(H,44,45). The fraction of sp³-hybridized carbons (Fsp3) is 0.154. The van der Waals surface area contributed by atoms with Gasteiger partial charge in [0.25, 0.3) is 0 Å². The second-order valence-corrected chi connectivity index (χ2v) is 12.1. The van der Waals surface area contributed by atoms with Gasteiger partial charge >= 0.3 is 5.97 Å². The maximum atomic E-state index is 11.3. The highest BCUT2D eigenvalue weighted by molar-refractivity contribution is 6.33. The number of fused-ring (bicyclic) bond motifs is 1. The first-order valence-electron chi connectivity index (χ1n) is 15.3. The molecule has 0 amide bonds. The number of para-hydroxylation sites is 1. The predicted octanol–water partition coefficient (Wildman–Crippen LogP) is 9.87. The zero-order chi connectivity index (χ0) is 32.0. The van der Waals surface area contributed by atoms with Crippen molar-refractivity contribution in [1.82, 2.24) is 4.57 Å². The van der Waals surface area contributed by atoms with Crippen molar-refractivity contribution >= 4 is 45.8 Å². The Hall–Kier alpha value is -4.71. The van der Waals surface area contributed by atoms with Crippen molar-refractivity contribution in [3.63, 3.8) is 0 Å². The lowest BCUT2D eigenvalue weighted by Crippen LogP contribution is -2.18. The minimum atomic E-state index is -0.965. The number of carbonyl (C=O) groups is 1. The molecule has 0 aliphatic carbocycles. The molecule has 0 fully saturated rings. The van der Waals surface area contributed by atoms with Gasteiger partial charge in [0.15, 0.2) is 0 Å². The minimum Gasteiger partial charge on any atom is -0.493 e. The van der Waals surface area contributed by atoms with E-state index in [0.717, 1.165) is 34.1 Å². The van der Waals surface area contributed by atoms with Crippen LogP contribution in [0.3, 0.4) is 0 Å². The Bertz CT molecular complexity index is 1900. The molecule has 6 aromatic rings. The number of rotatable bonds is 12. The molecule has 6 rings (SSSR count). The van der Waals surface area contributed by atoms with Crippen LogP contribution in [0.1, 0.15) is 44.3 Å². The van der Waals surface area contributed by atoms with Crippen molar-refractivity contribution in [2.24, 2.45) is 0 Å². The molecule has 0 radical (unpaired) electrons. The van der Waals surface area contributed by atoms with Crippen molar-refractivity contribution in [3.8, 4) is 5.75 Å². The topological polar surface area (TPSA) is 63.5 Å². The Balaban J connectivity index is 1.44. The first kappa shape index (κ1) is 31.3. The fourth-order valence-electron chi connectivity index (χ4n) is 6.14. The maximum Gasteiger partial charge on any atom is 0.335 e. The van der Waals surface area contributed by atoms with Crippen LogP contribution < -0.4 is 10.1 Å². The number of anilines is 1. The molecule has 1 heterocycles. The molecule has 0 saturated carbocycles. The molecule has 0 aliphatic rings. The lowest BCUT2D eigenvalue weighted by Gasteiger charge is -2.25. The number of hydrogen-bond donors (Lipinski definition) is 2. The van der Waals surface area contributed by atoms with Gasteiger partial charge in [0, 0.05) is 41.0 Å². The van der Waals surface area contributed by atoms with E-state index in [1.165, 1.54) is 16.8 Å². The van der Waals surface area contributed by atoms with E-state index in [1.807, 2.05) is 36.4 Å². The molecule has 0 unspecified atom stereocenters. The third-order valence-electron chi connectivity index (χ3n) is 8.28. The second-order valence-electron chi connectivity index (χ2n) is 11.2. The molecular formula is C39H34Cl2N2O3. The normalized spacial score (nSPS) is 11.2. The highest BCUT2D eigenvalue weighted by Gasteiger charge is 2.25. The number of ether oxygens (including phenoxy) is 1. The van der Waals surface area contributed by atoms with Crippen LogP contribution in [0.25, 0.3) is 10.9 Å².